The number of hydrogen-bond acceptors (Lipinski definition) is 24. The highest BCUT2D eigenvalue weighted by Gasteiger charge is 2.35. The third kappa shape index (κ3) is 40.7. The number of phenolic OH excluding ortho intramolecular Hbond substituents is 8. The number of ether oxygens (including phenoxy) is 16. The molecule has 0 aliphatic rings. The van der Waals surface area contributed by atoms with Crippen LogP contribution in [-0.4, -0.2) is 150 Å². The van der Waals surface area contributed by atoms with E-state index >= 15 is 0 Å². The highest BCUT2D eigenvalue weighted by atomic mass is 16.5. The summed E-state index contributed by atoms with van der Waals surface area (Å²) in [7, 11) is 9.68. The van der Waals surface area contributed by atoms with E-state index in [-0.39, 0.29) is 46.0 Å². The Labute approximate surface area is 877 Å². The first-order valence-corrected chi connectivity index (χ1v) is 52.3. The molecule has 0 heterocycles. The third-order valence-electron chi connectivity index (χ3n) is 24.8. The zero-order valence-corrected chi connectivity index (χ0v) is 95.5. The Bertz CT molecular complexity index is 4900. The van der Waals surface area contributed by atoms with Gasteiger partial charge in [-0.15, -0.1) is 0 Å². The summed E-state index contributed by atoms with van der Waals surface area (Å²) >= 11 is 0. The highest BCUT2D eigenvalue weighted by molar-refractivity contribution is 5.58. The van der Waals surface area contributed by atoms with Crippen LogP contribution in [0, 0.1) is 59.2 Å². The first-order chi connectivity index (χ1) is 68.7. The molecule has 820 valence electrons. The van der Waals surface area contributed by atoms with Gasteiger partial charge in [0.05, 0.1) is 106 Å². The molecule has 0 amide bonds. The van der Waals surface area contributed by atoms with E-state index in [9.17, 15) is 40.9 Å². The number of phenols is 8. The Morgan fingerprint density at radius 2 is 0.226 bits per heavy atom. The summed E-state index contributed by atoms with van der Waals surface area (Å²) < 4.78 is 91.1. The molecule has 146 heavy (non-hydrogen) atoms. The standard InChI is InChI=1S/C35H56O6.C32H50O6.C29H44O6.C26H38O6/c1-23(2)15-38-19-27-11-31(12-28(33(27)36)20-39-16-24(3)4)35(9,10)32-13-29(21-40-17-25(5)6)34(37)30(14-32)22-41-18-26(7)8;1-21(2)14-36-18-25-11-28(10-24(17-35-9)30(25)33)32(7,8)29-12-26(19-37-15-22(3)4)31(34)27(13-29)20-38-16-23(5)6;1-19(2)13-34-17-23-11-25(9-21(15-32-7)27(23)30)29(5,6)26-10-22(16-33-8)28(31)24(12-26)18-35-14-20(3)4;1-17(2)12-32-16-21-11-23(10-20(15-31-7)25(21)28)26(3,4)22-8-18(13-29-5)24(27)19(9-22)14-30-6/h11-14,23-26,36-37H,15-22H2,1-10H3;10-13,21-23,33-34H,14-20H2,1-9H3;9-12,19-20,30-31H,13-18H2,1-8H3;8-11,17,27-28H,12-16H2,1-7H3. The molecule has 8 aromatic carbocycles. The Hall–Kier alpha value is -8.48. The molecule has 0 aromatic heterocycles. The lowest BCUT2D eigenvalue weighted by Gasteiger charge is -2.30. The lowest BCUT2D eigenvalue weighted by atomic mass is 9.76. The van der Waals surface area contributed by atoms with Crippen LogP contribution in [0.25, 0.3) is 0 Å². The molecular weight excluding hydrogens is 1850 g/mol. The summed E-state index contributed by atoms with van der Waals surface area (Å²) in [6.07, 6.45) is 0. The van der Waals surface area contributed by atoms with Crippen LogP contribution in [0.1, 0.15) is 327 Å². The number of aromatic hydroxyl groups is 8. The van der Waals surface area contributed by atoms with Crippen molar-refractivity contribution in [3.05, 3.63) is 231 Å². The zero-order chi connectivity index (χ0) is 109. The van der Waals surface area contributed by atoms with Crippen LogP contribution in [0.2, 0.25) is 0 Å². The zero-order valence-electron chi connectivity index (χ0n) is 95.5. The molecule has 8 N–H and O–H groups in total. The molecule has 8 aromatic rings. The van der Waals surface area contributed by atoms with Gasteiger partial charge in [-0.1, -0.05) is 194 Å². The van der Waals surface area contributed by atoms with Gasteiger partial charge in [0, 0.05) is 219 Å². The normalized spacial score (nSPS) is 12.2. The largest absolute Gasteiger partial charge is 0.507 e. The van der Waals surface area contributed by atoms with Gasteiger partial charge in [-0.3, -0.25) is 0 Å². The molecule has 8 rings (SSSR count). The second kappa shape index (κ2) is 63.0. The number of hydrogen-bond donors (Lipinski definition) is 8. The van der Waals surface area contributed by atoms with Crippen molar-refractivity contribution in [2.45, 2.75) is 321 Å². The van der Waals surface area contributed by atoms with Gasteiger partial charge in [-0.25, -0.2) is 0 Å². The van der Waals surface area contributed by atoms with E-state index in [4.69, 9.17) is 75.8 Å². The fraction of sp³-hybridized carbons (Fsp3) is 0.607. The van der Waals surface area contributed by atoms with Crippen molar-refractivity contribution in [3.63, 3.8) is 0 Å². The van der Waals surface area contributed by atoms with E-state index in [2.05, 4.69) is 194 Å². The predicted molar refractivity (Wildman–Crippen MR) is 583 cm³/mol. The van der Waals surface area contributed by atoms with Gasteiger partial charge in [0.25, 0.3) is 0 Å². The summed E-state index contributed by atoms with van der Waals surface area (Å²) in [6.45, 7) is 70.4. The Kier molecular flexibility index (Phi) is 55.2. The van der Waals surface area contributed by atoms with Crippen molar-refractivity contribution in [2.24, 2.45) is 59.2 Å². The first-order valence-electron chi connectivity index (χ1n) is 52.3. The molecule has 24 nitrogen and oxygen atoms in total. The van der Waals surface area contributed by atoms with Crippen molar-refractivity contribution < 1.29 is 117 Å². The molecule has 0 bridgehead atoms. The topological polar surface area (TPSA) is 310 Å². The Balaban J connectivity index is 0.000000344. The van der Waals surface area contributed by atoms with Gasteiger partial charge in [-0.05, 0) is 201 Å². The van der Waals surface area contributed by atoms with Crippen LogP contribution in [0.3, 0.4) is 0 Å². The van der Waals surface area contributed by atoms with E-state index in [0.29, 0.717) is 248 Å². The molecule has 0 saturated heterocycles. The van der Waals surface area contributed by atoms with E-state index in [1.54, 1.807) is 42.7 Å². The van der Waals surface area contributed by atoms with Crippen LogP contribution >= 0.6 is 0 Å². The lowest BCUT2D eigenvalue weighted by molar-refractivity contribution is 0.0904. The Morgan fingerprint density at radius 3 is 0.295 bits per heavy atom. The van der Waals surface area contributed by atoms with E-state index in [1.165, 1.54) is 0 Å². The Morgan fingerprint density at radius 1 is 0.151 bits per heavy atom. The van der Waals surface area contributed by atoms with Gasteiger partial charge in [0.15, 0.2) is 0 Å². The van der Waals surface area contributed by atoms with Gasteiger partial charge in [0.1, 0.15) is 46.0 Å². The minimum Gasteiger partial charge on any atom is -0.507 e. The summed E-state index contributed by atoms with van der Waals surface area (Å²) in [4.78, 5) is 0. The molecular formula is C122H188O24. The number of benzene rings is 8. The lowest BCUT2D eigenvalue weighted by Crippen LogP contribution is -2.21. The molecule has 0 radical (unpaired) electrons. The summed E-state index contributed by atoms with van der Waals surface area (Å²) in [6, 6.07) is 32.1. The minimum absolute atomic E-state index is 0.196. The summed E-state index contributed by atoms with van der Waals surface area (Å²) in [5.41, 5.74) is 18.2. The maximum atomic E-state index is 11.2. The van der Waals surface area contributed by atoms with E-state index in [0.717, 1.165) is 117 Å². The summed E-state index contributed by atoms with van der Waals surface area (Å²) in [5.74, 6) is 5.75. The fourth-order valence-corrected chi connectivity index (χ4v) is 16.4. The van der Waals surface area contributed by atoms with Crippen molar-refractivity contribution in [2.75, 3.05) is 109 Å². The third-order valence-corrected chi connectivity index (χ3v) is 24.8. The predicted octanol–water partition coefficient (Wildman–Crippen LogP) is 26.3. The van der Waals surface area contributed by atoms with Gasteiger partial charge in [0.2, 0.25) is 0 Å². The van der Waals surface area contributed by atoms with Gasteiger partial charge in [-0.2, -0.15) is 0 Å². The van der Waals surface area contributed by atoms with Crippen molar-refractivity contribution in [1.82, 2.24) is 0 Å². The monoisotopic (exact) mass is 2040 g/mol. The van der Waals surface area contributed by atoms with Gasteiger partial charge < -0.3 is 117 Å². The molecule has 0 saturated carbocycles. The second-order valence-electron chi connectivity index (χ2n) is 45.3. The first kappa shape index (κ1) is 128. The molecule has 0 fully saturated rings. The van der Waals surface area contributed by atoms with Crippen molar-refractivity contribution >= 4 is 0 Å². The van der Waals surface area contributed by atoms with Crippen LogP contribution < -0.4 is 0 Å². The van der Waals surface area contributed by atoms with Crippen LogP contribution in [-0.2, 0) is 203 Å². The average molecular weight is 2040 g/mol. The summed E-state index contributed by atoms with van der Waals surface area (Å²) in [5, 5.41) is 87.5. The smallest absolute Gasteiger partial charge is 0.126 e. The SMILES string of the molecule is CC(C)COCc1cc(C(C)(C)c2cc(COCC(C)C)c(O)c(COCC(C)C)c2)cc(COCC(C)C)c1O.COCc1cc(C(C)(C)c2cc(COC)c(O)c(COCC(C)C)c2)cc(COC)c1O.COCc1cc(C(C)(C)c2cc(COC)c(O)c(COCC(C)C)c2)cc(COCC(C)C)c1O.COCc1cc(C(C)(C)c2cc(COCC(C)C)c(O)c(COCC(C)C)c2)cc(COCC(C)C)c1O. The quantitative estimate of drug-likeness (QED) is 0.0176. The van der Waals surface area contributed by atoms with Crippen LogP contribution in [0.4, 0.5) is 0 Å². The maximum Gasteiger partial charge on any atom is 0.126 e. The average Bonchev–Trinajstić information content (AvgIpc) is 0.783. The van der Waals surface area contributed by atoms with Crippen molar-refractivity contribution in [3.8, 4) is 46.0 Å². The molecule has 0 atom stereocenters. The van der Waals surface area contributed by atoms with Crippen LogP contribution in [0.5, 0.6) is 46.0 Å². The van der Waals surface area contributed by atoms with E-state index < -0.39 is 21.7 Å². The number of rotatable bonds is 60. The fourth-order valence-electron chi connectivity index (χ4n) is 16.4. The van der Waals surface area contributed by atoms with Crippen LogP contribution in [0.15, 0.2) is 97.1 Å². The molecule has 0 spiro atoms. The van der Waals surface area contributed by atoms with Crippen molar-refractivity contribution in [1.29, 1.82) is 0 Å². The number of methoxy groups -OCH3 is 6. The molecule has 0 aliphatic carbocycles. The van der Waals surface area contributed by atoms with E-state index in [1.807, 2.05) is 97.1 Å². The highest BCUT2D eigenvalue weighted by Crippen LogP contribution is 2.46. The molecule has 0 unspecified atom stereocenters. The molecule has 0 aliphatic heterocycles. The minimum atomic E-state index is -0.458. The molecule has 24 heteroatoms. The maximum absolute atomic E-state index is 11.2. The second-order valence-corrected chi connectivity index (χ2v) is 45.3. The van der Waals surface area contributed by atoms with Gasteiger partial charge >= 0.3 is 0 Å².